The standard InChI is InChI=1S/C16H21NO/c1-16(2,3)11-10-15(18)9-8-13-4-6-14(12-17)7-5-13/h4-7H,8-11H2,1-3H3. The molecule has 0 saturated heterocycles. The van der Waals surface area contributed by atoms with Gasteiger partial charge >= 0.3 is 0 Å². The Morgan fingerprint density at radius 3 is 2.28 bits per heavy atom. The van der Waals surface area contributed by atoms with E-state index in [-0.39, 0.29) is 5.41 Å². The molecule has 0 unspecified atom stereocenters. The molecule has 18 heavy (non-hydrogen) atoms. The van der Waals surface area contributed by atoms with Gasteiger partial charge in [-0.1, -0.05) is 32.9 Å². The second-order valence-electron chi connectivity index (χ2n) is 5.91. The third-order valence-electron chi connectivity index (χ3n) is 2.93. The number of nitriles is 1. The van der Waals surface area contributed by atoms with Gasteiger partial charge in [-0.15, -0.1) is 0 Å². The number of nitrogens with zero attached hydrogens (tertiary/aromatic N) is 1. The zero-order valence-corrected chi connectivity index (χ0v) is 11.5. The number of ketones is 1. The maximum Gasteiger partial charge on any atom is 0.133 e. The number of rotatable bonds is 5. The van der Waals surface area contributed by atoms with Gasteiger partial charge in [-0.2, -0.15) is 5.26 Å². The predicted octanol–water partition coefficient (Wildman–Crippen LogP) is 3.89. The second-order valence-corrected chi connectivity index (χ2v) is 5.91. The summed E-state index contributed by atoms with van der Waals surface area (Å²) < 4.78 is 0. The van der Waals surface area contributed by atoms with Crippen LogP contribution in [0.3, 0.4) is 0 Å². The first-order valence-electron chi connectivity index (χ1n) is 6.41. The van der Waals surface area contributed by atoms with Crippen LogP contribution in [0.2, 0.25) is 0 Å². The molecular formula is C16H21NO. The molecule has 0 heterocycles. The molecule has 0 amide bonds. The van der Waals surface area contributed by atoms with Crippen molar-refractivity contribution in [3.63, 3.8) is 0 Å². The molecule has 1 rings (SSSR count). The highest BCUT2D eigenvalue weighted by Gasteiger charge is 2.12. The van der Waals surface area contributed by atoms with Crippen LogP contribution >= 0.6 is 0 Å². The molecule has 1 aromatic carbocycles. The quantitative estimate of drug-likeness (QED) is 0.787. The van der Waals surface area contributed by atoms with Crippen LogP contribution < -0.4 is 0 Å². The maximum absolute atomic E-state index is 11.7. The van der Waals surface area contributed by atoms with Gasteiger partial charge in [0.25, 0.3) is 0 Å². The molecule has 0 saturated carbocycles. The third-order valence-corrected chi connectivity index (χ3v) is 2.93. The van der Waals surface area contributed by atoms with Crippen LogP contribution in [0.5, 0.6) is 0 Å². The number of carbonyl (C=O) groups excluding carboxylic acids is 1. The van der Waals surface area contributed by atoms with E-state index in [1.165, 1.54) is 0 Å². The Kier molecular flexibility index (Phi) is 5.09. The lowest BCUT2D eigenvalue weighted by Crippen LogP contribution is -2.09. The molecule has 0 bridgehead atoms. The van der Waals surface area contributed by atoms with Crippen molar-refractivity contribution in [1.82, 2.24) is 0 Å². The van der Waals surface area contributed by atoms with Gasteiger partial charge in [0.1, 0.15) is 5.78 Å². The monoisotopic (exact) mass is 243 g/mol. The van der Waals surface area contributed by atoms with Crippen molar-refractivity contribution in [2.75, 3.05) is 0 Å². The normalized spacial score (nSPS) is 11.0. The van der Waals surface area contributed by atoms with Crippen molar-refractivity contribution >= 4 is 5.78 Å². The zero-order chi connectivity index (χ0) is 13.6. The summed E-state index contributed by atoms with van der Waals surface area (Å²) >= 11 is 0. The highest BCUT2D eigenvalue weighted by atomic mass is 16.1. The Morgan fingerprint density at radius 1 is 1.17 bits per heavy atom. The van der Waals surface area contributed by atoms with E-state index < -0.39 is 0 Å². The van der Waals surface area contributed by atoms with Gasteiger partial charge in [-0.3, -0.25) is 4.79 Å². The largest absolute Gasteiger partial charge is 0.300 e. The molecule has 0 spiro atoms. The number of benzene rings is 1. The molecule has 0 atom stereocenters. The van der Waals surface area contributed by atoms with Crippen LogP contribution in [0, 0.1) is 16.7 Å². The molecular weight excluding hydrogens is 222 g/mol. The lowest BCUT2D eigenvalue weighted by Gasteiger charge is -2.16. The lowest BCUT2D eigenvalue weighted by molar-refractivity contribution is -0.119. The molecule has 0 aliphatic rings. The molecule has 0 aliphatic carbocycles. The van der Waals surface area contributed by atoms with Crippen molar-refractivity contribution in [2.24, 2.45) is 5.41 Å². The van der Waals surface area contributed by atoms with Gasteiger partial charge in [0.15, 0.2) is 0 Å². The van der Waals surface area contributed by atoms with Gasteiger partial charge in [0, 0.05) is 12.8 Å². The summed E-state index contributed by atoms with van der Waals surface area (Å²) in [7, 11) is 0. The maximum atomic E-state index is 11.7. The van der Waals surface area contributed by atoms with E-state index in [0.717, 1.165) is 18.4 Å². The Balaban J connectivity index is 2.36. The summed E-state index contributed by atoms with van der Waals surface area (Å²) in [5, 5.41) is 8.69. The Bertz CT molecular complexity index is 432. The van der Waals surface area contributed by atoms with Gasteiger partial charge in [-0.25, -0.2) is 0 Å². The average Bonchev–Trinajstić information content (AvgIpc) is 2.33. The van der Waals surface area contributed by atoms with Crippen molar-refractivity contribution < 1.29 is 4.79 Å². The van der Waals surface area contributed by atoms with E-state index in [1.54, 1.807) is 12.1 Å². The van der Waals surface area contributed by atoms with E-state index in [4.69, 9.17) is 5.26 Å². The van der Waals surface area contributed by atoms with Gasteiger partial charge in [-0.05, 0) is 36.0 Å². The second kappa shape index (κ2) is 6.35. The molecule has 0 aliphatic heterocycles. The van der Waals surface area contributed by atoms with E-state index in [9.17, 15) is 4.79 Å². The topological polar surface area (TPSA) is 40.9 Å². The van der Waals surface area contributed by atoms with Crippen molar-refractivity contribution in [2.45, 2.75) is 46.5 Å². The van der Waals surface area contributed by atoms with E-state index >= 15 is 0 Å². The SMILES string of the molecule is CC(C)(C)CCC(=O)CCc1ccc(C#N)cc1. The van der Waals surface area contributed by atoms with Crippen LogP contribution in [0.15, 0.2) is 24.3 Å². The zero-order valence-electron chi connectivity index (χ0n) is 11.5. The Hall–Kier alpha value is -1.62. The summed E-state index contributed by atoms with van der Waals surface area (Å²) in [4.78, 5) is 11.7. The first-order valence-corrected chi connectivity index (χ1v) is 6.41. The molecule has 2 nitrogen and oxygen atoms in total. The fraction of sp³-hybridized carbons (Fsp3) is 0.500. The van der Waals surface area contributed by atoms with Crippen LogP contribution in [0.4, 0.5) is 0 Å². The number of hydrogen-bond acceptors (Lipinski definition) is 2. The first kappa shape index (κ1) is 14.4. The molecule has 2 heteroatoms. The van der Waals surface area contributed by atoms with Gasteiger partial charge in [0.05, 0.1) is 11.6 Å². The molecule has 96 valence electrons. The smallest absolute Gasteiger partial charge is 0.133 e. The molecule has 0 radical (unpaired) electrons. The Morgan fingerprint density at radius 2 is 1.78 bits per heavy atom. The minimum Gasteiger partial charge on any atom is -0.300 e. The summed E-state index contributed by atoms with van der Waals surface area (Å²) in [6.45, 7) is 6.46. The van der Waals surface area contributed by atoms with E-state index in [1.807, 2.05) is 12.1 Å². The number of hydrogen-bond donors (Lipinski definition) is 0. The van der Waals surface area contributed by atoms with Crippen molar-refractivity contribution in [3.05, 3.63) is 35.4 Å². The average molecular weight is 243 g/mol. The van der Waals surface area contributed by atoms with Crippen LogP contribution in [-0.4, -0.2) is 5.78 Å². The summed E-state index contributed by atoms with van der Waals surface area (Å²) in [5.74, 6) is 0.328. The minimum atomic E-state index is 0.226. The minimum absolute atomic E-state index is 0.226. The number of carbonyl (C=O) groups is 1. The molecule has 1 aromatic rings. The van der Waals surface area contributed by atoms with E-state index in [2.05, 4.69) is 26.8 Å². The molecule has 0 aromatic heterocycles. The third kappa shape index (κ3) is 5.63. The summed E-state index contributed by atoms with van der Waals surface area (Å²) in [5.41, 5.74) is 2.01. The van der Waals surface area contributed by atoms with Crippen LogP contribution in [0.25, 0.3) is 0 Å². The summed E-state index contributed by atoms with van der Waals surface area (Å²) in [6, 6.07) is 9.54. The lowest BCUT2D eigenvalue weighted by atomic mass is 9.89. The van der Waals surface area contributed by atoms with Crippen LogP contribution in [0.1, 0.15) is 51.2 Å². The predicted molar refractivity (Wildman–Crippen MR) is 73.2 cm³/mol. The van der Waals surface area contributed by atoms with Crippen molar-refractivity contribution in [3.8, 4) is 6.07 Å². The van der Waals surface area contributed by atoms with Crippen LogP contribution in [-0.2, 0) is 11.2 Å². The fourth-order valence-electron chi connectivity index (χ4n) is 1.67. The Labute approximate surface area is 110 Å². The fourth-order valence-corrected chi connectivity index (χ4v) is 1.67. The molecule has 0 N–H and O–H groups in total. The highest BCUT2D eigenvalue weighted by Crippen LogP contribution is 2.21. The highest BCUT2D eigenvalue weighted by molar-refractivity contribution is 5.78. The van der Waals surface area contributed by atoms with Crippen molar-refractivity contribution in [1.29, 1.82) is 5.26 Å². The molecule has 0 fully saturated rings. The number of aryl methyl sites for hydroxylation is 1. The van der Waals surface area contributed by atoms with Gasteiger partial charge < -0.3 is 0 Å². The van der Waals surface area contributed by atoms with E-state index in [0.29, 0.717) is 24.2 Å². The first-order chi connectivity index (χ1) is 8.40. The van der Waals surface area contributed by atoms with Gasteiger partial charge in [0.2, 0.25) is 0 Å². The number of Topliss-reactive ketones (excluding diaryl/α,β-unsaturated/α-hetero) is 1. The summed E-state index contributed by atoms with van der Waals surface area (Å²) in [6.07, 6.45) is 2.98.